The Labute approximate surface area is 102 Å². The Morgan fingerprint density at radius 3 is 2.00 bits per heavy atom. The van der Waals surface area contributed by atoms with Crippen LogP contribution in [0.3, 0.4) is 0 Å². The lowest BCUT2D eigenvalue weighted by atomic mass is 9.95. The monoisotopic (exact) mass is 252 g/mol. The lowest BCUT2D eigenvalue weighted by Crippen LogP contribution is -2.21. The fourth-order valence-electron chi connectivity index (χ4n) is 1.45. The molecular weight excluding hydrogens is 240 g/mol. The van der Waals surface area contributed by atoms with E-state index in [1.807, 2.05) is 0 Å². The zero-order chi connectivity index (χ0) is 13.7. The van der Waals surface area contributed by atoms with E-state index in [-0.39, 0.29) is 17.7 Å². The number of phenols is 1. The number of Topliss-reactive ketones (excluding diaryl/α,β-unsaturated/α-hetero) is 1. The Balaban J connectivity index is 2.75. The number of hydrogen-bond acceptors (Lipinski definition) is 4. The van der Waals surface area contributed by atoms with Gasteiger partial charge in [0, 0.05) is 12.0 Å². The van der Waals surface area contributed by atoms with Crippen LogP contribution in [0.2, 0.25) is 0 Å². The Hall–Kier alpha value is -2.37. The largest absolute Gasteiger partial charge is 0.508 e. The summed E-state index contributed by atoms with van der Waals surface area (Å²) in [6, 6.07) is 5.33. The van der Waals surface area contributed by atoms with Crippen LogP contribution in [0.1, 0.15) is 23.2 Å². The van der Waals surface area contributed by atoms with Crippen molar-refractivity contribution in [1.82, 2.24) is 0 Å². The maximum atomic E-state index is 11.7. The summed E-state index contributed by atoms with van der Waals surface area (Å²) >= 11 is 0. The van der Waals surface area contributed by atoms with Crippen LogP contribution in [0.15, 0.2) is 24.3 Å². The molecule has 0 aliphatic rings. The molecule has 1 unspecified atom stereocenters. The van der Waals surface area contributed by atoms with Gasteiger partial charge in [-0.05, 0) is 24.3 Å². The minimum atomic E-state index is -1.32. The second-order valence-corrected chi connectivity index (χ2v) is 3.81. The third-order valence-corrected chi connectivity index (χ3v) is 2.39. The van der Waals surface area contributed by atoms with Crippen molar-refractivity contribution in [3.05, 3.63) is 29.8 Å². The number of carboxylic acids is 2. The smallest absolute Gasteiger partial charge is 0.307 e. The molecule has 0 aliphatic carbocycles. The molecule has 0 heterocycles. The second-order valence-electron chi connectivity index (χ2n) is 3.81. The summed E-state index contributed by atoms with van der Waals surface area (Å²) in [5.41, 5.74) is 0.240. The number of carbonyl (C=O) groups is 3. The summed E-state index contributed by atoms with van der Waals surface area (Å²) in [5.74, 6) is -4.30. The molecule has 0 bridgehead atoms. The van der Waals surface area contributed by atoms with Crippen LogP contribution in [-0.2, 0) is 9.59 Å². The maximum Gasteiger partial charge on any atom is 0.307 e. The predicted molar refractivity (Wildman–Crippen MR) is 60.4 cm³/mol. The Bertz CT molecular complexity index is 462. The van der Waals surface area contributed by atoms with Crippen molar-refractivity contribution in [1.29, 1.82) is 0 Å². The fraction of sp³-hybridized carbons (Fsp3) is 0.250. The van der Waals surface area contributed by atoms with Gasteiger partial charge in [-0.25, -0.2) is 0 Å². The van der Waals surface area contributed by atoms with E-state index in [0.717, 1.165) is 0 Å². The molecule has 3 N–H and O–H groups in total. The van der Waals surface area contributed by atoms with E-state index in [4.69, 9.17) is 15.3 Å². The van der Waals surface area contributed by atoms with E-state index in [1.54, 1.807) is 0 Å². The van der Waals surface area contributed by atoms with Gasteiger partial charge < -0.3 is 15.3 Å². The van der Waals surface area contributed by atoms with E-state index >= 15 is 0 Å². The fourth-order valence-corrected chi connectivity index (χ4v) is 1.45. The van der Waals surface area contributed by atoms with Gasteiger partial charge in [0.2, 0.25) is 0 Å². The molecule has 0 amide bonds. The Kier molecular flexibility index (Phi) is 4.42. The van der Waals surface area contributed by atoms with Gasteiger partial charge in [-0.1, -0.05) is 0 Å². The molecule has 0 fully saturated rings. The topological polar surface area (TPSA) is 112 Å². The van der Waals surface area contributed by atoms with Crippen molar-refractivity contribution in [2.75, 3.05) is 0 Å². The minimum absolute atomic E-state index is 0.00753. The molecule has 6 nitrogen and oxygen atoms in total. The summed E-state index contributed by atoms with van der Waals surface area (Å²) in [5, 5.41) is 26.4. The van der Waals surface area contributed by atoms with E-state index in [2.05, 4.69) is 0 Å². The van der Waals surface area contributed by atoms with Crippen LogP contribution in [0.25, 0.3) is 0 Å². The molecule has 1 atom stereocenters. The Morgan fingerprint density at radius 1 is 1.00 bits per heavy atom. The van der Waals surface area contributed by atoms with E-state index < -0.39 is 30.1 Å². The third-order valence-electron chi connectivity index (χ3n) is 2.39. The van der Waals surface area contributed by atoms with Crippen LogP contribution >= 0.6 is 0 Å². The van der Waals surface area contributed by atoms with Crippen LogP contribution < -0.4 is 0 Å². The molecule has 6 heteroatoms. The molecule has 1 rings (SSSR count). The highest BCUT2D eigenvalue weighted by Gasteiger charge is 2.24. The van der Waals surface area contributed by atoms with Gasteiger partial charge in [0.1, 0.15) is 5.75 Å². The zero-order valence-electron chi connectivity index (χ0n) is 9.37. The van der Waals surface area contributed by atoms with Crippen LogP contribution in [-0.4, -0.2) is 33.0 Å². The number of carboxylic acid groups (broad SMARTS) is 2. The van der Waals surface area contributed by atoms with Gasteiger partial charge in [-0.3, -0.25) is 14.4 Å². The molecule has 0 aromatic heterocycles. The number of ketones is 1. The van der Waals surface area contributed by atoms with Crippen molar-refractivity contribution >= 4 is 17.7 Å². The first-order valence-corrected chi connectivity index (χ1v) is 5.17. The molecular formula is C12H12O6. The first-order valence-electron chi connectivity index (χ1n) is 5.17. The van der Waals surface area contributed by atoms with Crippen molar-refractivity contribution < 1.29 is 29.7 Å². The van der Waals surface area contributed by atoms with E-state index in [1.165, 1.54) is 24.3 Å². The average molecular weight is 252 g/mol. The number of carbonyl (C=O) groups excluding carboxylic acids is 1. The number of benzene rings is 1. The molecule has 0 radical (unpaired) electrons. The van der Waals surface area contributed by atoms with Crippen LogP contribution in [0.4, 0.5) is 0 Å². The molecule has 0 saturated carbocycles. The van der Waals surface area contributed by atoms with Crippen LogP contribution in [0.5, 0.6) is 5.75 Å². The Morgan fingerprint density at radius 2 is 1.56 bits per heavy atom. The van der Waals surface area contributed by atoms with E-state index in [9.17, 15) is 14.4 Å². The van der Waals surface area contributed by atoms with Gasteiger partial charge >= 0.3 is 11.9 Å². The van der Waals surface area contributed by atoms with E-state index in [0.29, 0.717) is 0 Å². The van der Waals surface area contributed by atoms with Crippen molar-refractivity contribution in [2.24, 2.45) is 5.92 Å². The van der Waals surface area contributed by atoms with Crippen molar-refractivity contribution in [3.8, 4) is 5.75 Å². The highest BCUT2D eigenvalue weighted by atomic mass is 16.4. The molecule has 0 aliphatic heterocycles. The summed E-state index contributed by atoms with van der Waals surface area (Å²) in [7, 11) is 0. The molecule has 0 spiro atoms. The molecule has 18 heavy (non-hydrogen) atoms. The summed E-state index contributed by atoms with van der Waals surface area (Å²) < 4.78 is 0. The number of aromatic hydroxyl groups is 1. The third kappa shape index (κ3) is 3.89. The van der Waals surface area contributed by atoms with Crippen molar-refractivity contribution in [3.63, 3.8) is 0 Å². The lowest BCUT2D eigenvalue weighted by molar-refractivity contribution is -0.148. The number of aliphatic carboxylic acids is 2. The summed E-state index contributed by atoms with van der Waals surface area (Å²) in [6.07, 6.45) is -0.981. The number of hydrogen-bond donors (Lipinski definition) is 3. The van der Waals surface area contributed by atoms with Gasteiger partial charge in [0.05, 0.1) is 12.3 Å². The van der Waals surface area contributed by atoms with Gasteiger partial charge in [-0.2, -0.15) is 0 Å². The molecule has 0 saturated heterocycles. The first kappa shape index (κ1) is 13.7. The highest BCUT2D eigenvalue weighted by molar-refractivity contribution is 5.98. The number of rotatable bonds is 6. The predicted octanol–water partition coefficient (Wildman–Crippen LogP) is 1.14. The van der Waals surface area contributed by atoms with Gasteiger partial charge in [0.15, 0.2) is 5.78 Å². The quantitative estimate of drug-likeness (QED) is 0.654. The first-order chi connectivity index (χ1) is 8.40. The summed E-state index contributed by atoms with van der Waals surface area (Å²) in [4.78, 5) is 33.0. The van der Waals surface area contributed by atoms with Gasteiger partial charge in [0.25, 0.3) is 0 Å². The average Bonchev–Trinajstić information content (AvgIpc) is 2.28. The van der Waals surface area contributed by atoms with Crippen LogP contribution in [0, 0.1) is 5.92 Å². The summed E-state index contributed by atoms with van der Waals surface area (Å²) in [6.45, 7) is 0. The molecule has 96 valence electrons. The molecule has 1 aromatic rings. The standard InChI is InChI=1S/C12H12O6/c13-9-3-1-7(2-4-9)10(14)5-8(12(17)18)6-11(15)16/h1-4,8,13H,5-6H2,(H,15,16)(H,17,18). The maximum absolute atomic E-state index is 11.7. The lowest BCUT2D eigenvalue weighted by Gasteiger charge is -2.08. The SMILES string of the molecule is O=C(O)CC(CC(=O)c1ccc(O)cc1)C(=O)O. The zero-order valence-corrected chi connectivity index (χ0v) is 9.37. The van der Waals surface area contributed by atoms with Gasteiger partial charge in [-0.15, -0.1) is 0 Å². The minimum Gasteiger partial charge on any atom is -0.508 e. The number of phenolic OH excluding ortho intramolecular Hbond substituents is 1. The normalized spacial score (nSPS) is 11.8. The highest BCUT2D eigenvalue weighted by Crippen LogP contribution is 2.16. The molecule has 1 aromatic carbocycles. The van der Waals surface area contributed by atoms with Crippen molar-refractivity contribution in [2.45, 2.75) is 12.8 Å². The second kappa shape index (κ2) is 5.81.